The zero-order chi connectivity index (χ0) is 15.1. The van der Waals surface area contributed by atoms with Crippen molar-refractivity contribution in [2.75, 3.05) is 0 Å². The van der Waals surface area contributed by atoms with Gasteiger partial charge in [0.05, 0.1) is 10.6 Å². The predicted octanol–water partition coefficient (Wildman–Crippen LogP) is 2.32. The average Bonchev–Trinajstić information content (AvgIpc) is 2.52. The number of nitrogens with one attached hydrogen (secondary N) is 1. The first-order chi connectivity index (χ1) is 10.1. The molecule has 1 heterocycles. The molecule has 2 rings (SSSR count). The van der Waals surface area contributed by atoms with Crippen molar-refractivity contribution >= 4 is 17.7 Å². The van der Waals surface area contributed by atoms with Gasteiger partial charge in [-0.25, -0.2) is 0 Å². The summed E-state index contributed by atoms with van der Waals surface area (Å²) in [6.07, 6.45) is 4.66. The third-order valence-corrected chi connectivity index (χ3v) is 2.71. The van der Waals surface area contributed by atoms with Gasteiger partial charge in [-0.3, -0.25) is 19.9 Å². The number of rotatable bonds is 5. The third kappa shape index (κ3) is 4.54. The number of carbonyl (C=O) groups excluding carboxylic acids is 1. The molecule has 1 amide bonds. The van der Waals surface area contributed by atoms with Crippen molar-refractivity contribution in [1.29, 1.82) is 0 Å². The summed E-state index contributed by atoms with van der Waals surface area (Å²) in [5.41, 5.74) is 1.52. The monoisotopic (exact) mass is 283 g/mol. The van der Waals surface area contributed by atoms with Gasteiger partial charge in [-0.05, 0) is 23.8 Å². The van der Waals surface area contributed by atoms with E-state index < -0.39 is 4.92 Å². The highest BCUT2D eigenvalue weighted by molar-refractivity contribution is 5.91. The lowest BCUT2D eigenvalue weighted by Gasteiger charge is -2.02. The van der Waals surface area contributed by atoms with Crippen molar-refractivity contribution in [2.45, 2.75) is 6.54 Å². The van der Waals surface area contributed by atoms with E-state index in [1.165, 1.54) is 18.2 Å². The maximum Gasteiger partial charge on any atom is 0.269 e. The molecule has 2 aromatic rings. The molecule has 106 valence electrons. The van der Waals surface area contributed by atoms with Gasteiger partial charge < -0.3 is 5.32 Å². The Balaban J connectivity index is 1.86. The third-order valence-electron chi connectivity index (χ3n) is 2.71. The van der Waals surface area contributed by atoms with Crippen LogP contribution in [0.2, 0.25) is 0 Å². The highest BCUT2D eigenvalue weighted by Crippen LogP contribution is 2.11. The van der Waals surface area contributed by atoms with Gasteiger partial charge in [-0.15, -0.1) is 0 Å². The van der Waals surface area contributed by atoms with Crippen LogP contribution in [-0.2, 0) is 11.3 Å². The molecular weight excluding hydrogens is 270 g/mol. The van der Waals surface area contributed by atoms with E-state index in [0.717, 1.165) is 5.56 Å². The number of aromatic nitrogens is 1. The molecule has 0 saturated carbocycles. The Morgan fingerprint density at radius 3 is 2.62 bits per heavy atom. The molecule has 0 aliphatic carbocycles. The fraction of sp³-hybridized carbons (Fsp3) is 0.0667. The number of pyridine rings is 1. The molecule has 0 atom stereocenters. The fourth-order valence-electron chi connectivity index (χ4n) is 1.62. The summed E-state index contributed by atoms with van der Waals surface area (Å²) in [6.45, 7) is 0.309. The number of amides is 1. The van der Waals surface area contributed by atoms with E-state index in [0.29, 0.717) is 12.2 Å². The van der Waals surface area contributed by atoms with E-state index in [1.807, 2.05) is 6.07 Å². The second kappa shape index (κ2) is 6.95. The van der Waals surface area contributed by atoms with E-state index >= 15 is 0 Å². The summed E-state index contributed by atoms with van der Waals surface area (Å²) >= 11 is 0. The number of hydrogen-bond acceptors (Lipinski definition) is 4. The average molecular weight is 283 g/mol. The van der Waals surface area contributed by atoms with Crippen LogP contribution in [0.1, 0.15) is 11.3 Å². The fourth-order valence-corrected chi connectivity index (χ4v) is 1.62. The Kier molecular flexibility index (Phi) is 4.76. The van der Waals surface area contributed by atoms with Crippen LogP contribution in [0.3, 0.4) is 0 Å². The van der Waals surface area contributed by atoms with Crippen LogP contribution < -0.4 is 5.32 Å². The van der Waals surface area contributed by atoms with Gasteiger partial charge in [0.25, 0.3) is 5.69 Å². The van der Waals surface area contributed by atoms with Gasteiger partial charge in [0.1, 0.15) is 0 Å². The Bertz CT molecular complexity index is 652. The number of hydrogen-bond donors (Lipinski definition) is 1. The highest BCUT2D eigenvalue weighted by atomic mass is 16.6. The maximum absolute atomic E-state index is 11.6. The lowest BCUT2D eigenvalue weighted by atomic mass is 10.2. The quantitative estimate of drug-likeness (QED) is 0.518. The van der Waals surface area contributed by atoms with Crippen LogP contribution in [0.25, 0.3) is 6.08 Å². The Labute approximate surface area is 121 Å². The Hall–Kier alpha value is -3.02. The molecule has 0 radical (unpaired) electrons. The number of nitrogens with zero attached hydrogens (tertiary/aromatic N) is 2. The molecule has 6 heteroatoms. The molecule has 0 aliphatic rings. The molecule has 0 unspecified atom stereocenters. The van der Waals surface area contributed by atoms with Crippen LogP contribution in [0.15, 0.2) is 54.7 Å². The van der Waals surface area contributed by atoms with Gasteiger partial charge in [0.2, 0.25) is 5.91 Å². The smallest absolute Gasteiger partial charge is 0.269 e. The standard InChI is InChI=1S/C15H13N3O3/c19-15(9-6-13-3-1-2-10-16-13)17-11-12-4-7-14(8-5-12)18(20)21/h1-10H,11H2,(H,17,19)/b9-6+. The SMILES string of the molecule is O=C(/C=C/c1ccccn1)NCc1ccc([N+](=O)[O-])cc1. The molecule has 0 fully saturated rings. The first kappa shape index (κ1) is 14.4. The number of carbonyl (C=O) groups is 1. The van der Waals surface area contributed by atoms with Gasteiger partial charge in [-0.2, -0.15) is 0 Å². The van der Waals surface area contributed by atoms with Crippen molar-refractivity contribution in [3.8, 4) is 0 Å². The van der Waals surface area contributed by atoms with Crippen LogP contribution >= 0.6 is 0 Å². The largest absolute Gasteiger partial charge is 0.348 e. The molecular formula is C15H13N3O3. The summed E-state index contributed by atoms with van der Waals surface area (Å²) in [4.78, 5) is 25.8. The normalized spacial score (nSPS) is 10.5. The first-order valence-corrected chi connectivity index (χ1v) is 6.25. The zero-order valence-corrected chi connectivity index (χ0v) is 11.1. The van der Waals surface area contributed by atoms with Gasteiger partial charge >= 0.3 is 0 Å². The second-order valence-corrected chi connectivity index (χ2v) is 4.23. The maximum atomic E-state index is 11.6. The van der Waals surface area contributed by atoms with E-state index in [1.54, 1.807) is 36.5 Å². The van der Waals surface area contributed by atoms with Crippen LogP contribution in [-0.4, -0.2) is 15.8 Å². The molecule has 1 N–H and O–H groups in total. The molecule has 0 saturated heterocycles. The van der Waals surface area contributed by atoms with Gasteiger partial charge in [0.15, 0.2) is 0 Å². The zero-order valence-electron chi connectivity index (χ0n) is 11.1. The molecule has 1 aromatic heterocycles. The van der Waals surface area contributed by atoms with Crippen LogP contribution in [0, 0.1) is 10.1 Å². The minimum Gasteiger partial charge on any atom is -0.348 e. The topological polar surface area (TPSA) is 85.1 Å². The second-order valence-electron chi connectivity index (χ2n) is 4.23. The summed E-state index contributed by atoms with van der Waals surface area (Å²) in [7, 11) is 0. The number of nitro groups is 1. The van der Waals surface area contributed by atoms with Crippen molar-refractivity contribution < 1.29 is 9.72 Å². The minimum absolute atomic E-state index is 0.0279. The summed E-state index contributed by atoms with van der Waals surface area (Å²) in [6, 6.07) is 11.5. The lowest BCUT2D eigenvalue weighted by molar-refractivity contribution is -0.384. The lowest BCUT2D eigenvalue weighted by Crippen LogP contribution is -2.20. The van der Waals surface area contributed by atoms with E-state index in [2.05, 4.69) is 10.3 Å². The van der Waals surface area contributed by atoms with Crippen molar-refractivity contribution in [2.24, 2.45) is 0 Å². The van der Waals surface area contributed by atoms with Crippen molar-refractivity contribution in [3.63, 3.8) is 0 Å². The number of non-ortho nitro benzene ring substituents is 1. The van der Waals surface area contributed by atoms with Gasteiger partial charge in [0, 0.05) is 31.0 Å². The number of benzene rings is 1. The summed E-state index contributed by atoms with van der Waals surface area (Å²) in [5.74, 6) is -0.251. The Morgan fingerprint density at radius 1 is 1.24 bits per heavy atom. The minimum atomic E-state index is -0.460. The first-order valence-electron chi connectivity index (χ1n) is 6.25. The summed E-state index contributed by atoms with van der Waals surface area (Å²) in [5, 5.41) is 13.2. The molecule has 0 spiro atoms. The van der Waals surface area contributed by atoms with E-state index in [9.17, 15) is 14.9 Å². The highest BCUT2D eigenvalue weighted by Gasteiger charge is 2.04. The number of nitro benzene ring substituents is 1. The molecule has 0 bridgehead atoms. The Morgan fingerprint density at radius 2 is 2.00 bits per heavy atom. The summed E-state index contributed by atoms with van der Waals surface area (Å²) < 4.78 is 0. The van der Waals surface area contributed by atoms with Crippen LogP contribution in [0.5, 0.6) is 0 Å². The molecule has 1 aromatic carbocycles. The molecule has 21 heavy (non-hydrogen) atoms. The van der Waals surface area contributed by atoms with E-state index in [4.69, 9.17) is 0 Å². The molecule has 0 aliphatic heterocycles. The predicted molar refractivity (Wildman–Crippen MR) is 78.2 cm³/mol. The van der Waals surface area contributed by atoms with Gasteiger partial charge in [-0.1, -0.05) is 18.2 Å². The van der Waals surface area contributed by atoms with Crippen molar-refractivity contribution in [1.82, 2.24) is 10.3 Å². The van der Waals surface area contributed by atoms with Crippen molar-refractivity contribution in [3.05, 3.63) is 76.1 Å². The van der Waals surface area contributed by atoms with E-state index in [-0.39, 0.29) is 11.6 Å². The van der Waals surface area contributed by atoms with Crippen LogP contribution in [0.4, 0.5) is 5.69 Å². The molecule has 6 nitrogen and oxygen atoms in total.